The largest absolute Gasteiger partial charge is 0.459 e. The molecule has 0 saturated carbocycles. The molecule has 1 heterocycles. The van der Waals surface area contributed by atoms with Crippen LogP contribution in [0.5, 0.6) is 0 Å². The van der Waals surface area contributed by atoms with E-state index in [0.717, 1.165) is 0 Å². The van der Waals surface area contributed by atoms with Crippen LogP contribution >= 0.6 is 0 Å². The SMILES string of the molecule is CC(NC(=O)c1ccco1)C(=O)NCCCOCC(F)(F)F. The van der Waals surface area contributed by atoms with E-state index in [1.807, 2.05) is 0 Å². The topological polar surface area (TPSA) is 80.6 Å². The Kier molecular flexibility index (Phi) is 6.90. The van der Waals surface area contributed by atoms with E-state index in [2.05, 4.69) is 15.4 Å². The molecule has 22 heavy (non-hydrogen) atoms. The molecule has 0 aliphatic heterocycles. The quantitative estimate of drug-likeness (QED) is 0.711. The lowest BCUT2D eigenvalue weighted by molar-refractivity contribution is -0.174. The average Bonchev–Trinajstić information content (AvgIpc) is 2.95. The number of carbonyl (C=O) groups excluding carboxylic acids is 2. The fraction of sp³-hybridized carbons (Fsp3) is 0.538. The van der Waals surface area contributed by atoms with Crippen molar-refractivity contribution in [1.82, 2.24) is 10.6 Å². The summed E-state index contributed by atoms with van der Waals surface area (Å²) in [5.41, 5.74) is 0. The molecule has 124 valence electrons. The molecule has 0 spiro atoms. The number of ether oxygens (including phenoxy) is 1. The fourth-order valence-electron chi connectivity index (χ4n) is 1.47. The lowest BCUT2D eigenvalue weighted by Gasteiger charge is -2.13. The molecule has 0 saturated heterocycles. The van der Waals surface area contributed by atoms with Gasteiger partial charge in [0.05, 0.1) is 6.26 Å². The standard InChI is InChI=1S/C13H17F3N2O4/c1-9(18-12(20)10-4-2-7-22-10)11(19)17-5-3-6-21-8-13(14,15)16/h2,4,7,9H,3,5-6,8H2,1H3,(H,17,19)(H,18,20). The highest BCUT2D eigenvalue weighted by Crippen LogP contribution is 2.14. The summed E-state index contributed by atoms with van der Waals surface area (Å²) in [6, 6.07) is 2.20. The Balaban J connectivity index is 2.15. The van der Waals surface area contributed by atoms with Crippen molar-refractivity contribution >= 4 is 11.8 Å². The number of nitrogens with one attached hydrogen (secondary N) is 2. The highest BCUT2D eigenvalue weighted by Gasteiger charge is 2.27. The Morgan fingerprint density at radius 2 is 2.14 bits per heavy atom. The van der Waals surface area contributed by atoms with Crippen LogP contribution in [0.3, 0.4) is 0 Å². The summed E-state index contributed by atoms with van der Waals surface area (Å²) in [4.78, 5) is 23.3. The lowest BCUT2D eigenvalue weighted by atomic mass is 10.3. The number of amides is 2. The first-order valence-electron chi connectivity index (χ1n) is 6.56. The maximum atomic E-state index is 11.8. The maximum Gasteiger partial charge on any atom is 0.411 e. The summed E-state index contributed by atoms with van der Waals surface area (Å²) in [6.07, 6.45) is -2.78. The molecule has 0 radical (unpaired) electrons. The van der Waals surface area contributed by atoms with E-state index >= 15 is 0 Å². The molecule has 1 aromatic heterocycles. The predicted molar refractivity (Wildman–Crippen MR) is 70.1 cm³/mol. The third-order valence-corrected chi connectivity index (χ3v) is 2.52. The summed E-state index contributed by atoms with van der Waals surface area (Å²) in [6.45, 7) is 0.206. The van der Waals surface area contributed by atoms with Gasteiger partial charge in [-0.2, -0.15) is 13.2 Å². The molecule has 2 N–H and O–H groups in total. The van der Waals surface area contributed by atoms with Crippen molar-refractivity contribution in [3.63, 3.8) is 0 Å². The summed E-state index contributed by atoms with van der Waals surface area (Å²) < 4.78 is 44.7. The highest BCUT2D eigenvalue weighted by atomic mass is 19.4. The average molecular weight is 322 g/mol. The molecule has 9 heteroatoms. The van der Waals surface area contributed by atoms with Gasteiger partial charge >= 0.3 is 6.18 Å². The second-order valence-electron chi connectivity index (χ2n) is 4.48. The van der Waals surface area contributed by atoms with E-state index in [-0.39, 0.29) is 25.3 Å². The first-order chi connectivity index (χ1) is 10.3. The number of rotatable bonds is 8. The van der Waals surface area contributed by atoms with Gasteiger partial charge in [-0.25, -0.2) is 0 Å². The molecule has 6 nitrogen and oxygen atoms in total. The van der Waals surface area contributed by atoms with E-state index < -0.39 is 30.6 Å². The first kappa shape index (κ1) is 18.0. The first-order valence-corrected chi connectivity index (χ1v) is 6.56. The molecule has 0 fully saturated rings. The molecule has 1 atom stereocenters. The van der Waals surface area contributed by atoms with Crippen LogP contribution in [-0.2, 0) is 9.53 Å². The molecule has 0 aliphatic carbocycles. The number of halogens is 3. The van der Waals surface area contributed by atoms with Crippen molar-refractivity contribution in [2.45, 2.75) is 25.6 Å². The van der Waals surface area contributed by atoms with Crippen LogP contribution in [-0.4, -0.2) is 43.8 Å². The van der Waals surface area contributed by atoms with Crippen LogP contribution in [0.25, 0.3) is 0 Å². The molecular formula is C13H17F3N2O4. The zero-order valence-electron chi connectivity index (χ0n) is 11.9. The summed E-state index contributed by atoms with van der Waals surface area (Å²) >= 11 is 0. The van der Waals surface area contributed by atoms with E-state index in [1.54, 1.807) is 6.07 Å². The van der Waals surface area contributed by atoms with Crippen molar-refractivity contribution in [2.24, 2.45) is 0 Å². The molecule has 1 aromatic rings. The molecule has 0 aromatic carbocycles. The van der Waals surface area contributed by atoms with Gasteiger partial charge < -0.3 is 19.8 Å². The van der Waals surface area contributed by atoms with Crippen LogP contribution in [0.4, 0.5) is 13.2 Å². The smallest absolute Gasteiger partial charge is 0.411 e. The van der Waals surface area contributed by atoms with Crippen LogP contribution < -0.4 is 10.6 Å². The summed E-state index contributed by atoms with van der Waals surface area (Å²) in [7, 11) is 0. The van der Waals surface area contributed by atoms with Gasteiger partial charge in [-0.3, -0.25) is 9.59 Å². The molecule has 1 rings (SSSR count). The van der Waals surface area contributed by atoms with Crippen LogP contribution in [0, 0.1) is 0 Å². The van der Waals surface area contributed by atoms with Gasteiger partial charge in [0.2, 0.25) is 5.91 Å². The highest BCUT2D eigenvalue weighted by molar-refractivity contribution is 5.95. The van der Waals surface area contributed by atoms with Crippen molar-refractivity contribution in [3.8, 4) is 0 Å². The second-order valence-corrected chi connectivity index (χ2v) is 4.48. The molecular weight excluding hydrogens is 305 g/mol. The monoisotopic (exact) mass is 322 g/mol. The zero-order chi connectivity index (χ0) is 16.6. The van der Waals surface area contributed by atoms with E-state index in [0.29, 0.717) is 0 Å². The Morgan fingerprint density at radius 3 is 2.73 bits per heavy atom. The summed E-state index contributed by atoms with van der Waals surface area (Å²) in [5.74, 6) is -0.892. The minimum Gasteiger partial charge on any atom is -0.459 e. The molecule has 1 unspecified atom stereocenters. The third kappa shape index (κ3) is 7.11. The van der Waals surface area contributed by atoms with Gasteiger partial charge in [-0.1, -0.05) is 0 Å². The number of hydrogen-bond donors (Lipinski definition) is 2. The Hall–Kier alpha value is -2.03. The van der Waals surface area contributed by atoms with Crippen molar-refractivity contribution in [3.05, 3.63) is 24.2 Å². The molecule has 0 bridgehead atoms. The summed E-state index contributed by atoms with van der Waals surface area (Å²) in [5, 5.41) is 4.91. The number of carbonyl (C=O) groups is 2. The fourth-order valence-corrected chi connectivity index (χ4v) is 1.47. The Bertz CT molecular complexity index is 474. The van der Waals surface area contributed by atoms with Gasteiger partial charge in [0.1, 0.15) is 12.6 Å². The van der Waals surface area contributed by atoms with Gasteiger partial charge in [-0.15, -0.1) is 0 Å². The minimum atomic E-state index is -4.35. The molecule has 0 aliphatic rings. The van der Waals surface area contributed by atoms with E-state index in [4.69, 9.17) is 4.42 Å². The van der Waals surface area contributed by atoms with Gasteiger partial charge in [0.25, 0.3) is 5.91 Å². The van der Waals surface area contributed by atoms with Gasteiger partial charge in [0, 0.05) is 13.2 Å². The van der Waals surface area contributed by atoms with Crippen molar-refractivity contribution in [2.75, 3.05) is 19.8 Å². The van der Waals surface area contributed by atoms with Crippen LogP contribution in [0.15, 0.2) is 22.8 Å². The normalized spacial score (nSPS) is 12.7. The third-order valence-electron chi connectivity index (χ3n) is 2.52. The van der Waals surface area contributed by atoms with E-state index in [9.17, 15) is 22.8 Å². The maximum absolute atomic E-state index is 11.8. The molecule has 2 amide bonds. The minimum absolute atomic E-state index is 0.0835. The number of alkyl halides is 3. The Morgan fingerprint density at radius 1 is 1.41 bits per heavy atom. The number of furan rings is 1. The van der Waals surface area contributed by atoms with Gasteiger partial charge in [0.15, 0.2) is 5.76 Å². The van der Waals surface area contributed by atoms with Crippen molar-refractivity contribution in [1.29, 1.82) is 0 Å². The predicted octanol–water partition coefficient (Wildman–Crippen LogP) is 1.48. The van der Waals surface area contributed by atoms with Crippen LogP contribution in [0.2, 0.25) is 0 Å². The van der Waals surface area contributed by atoms with Gasteiger partial charge in [-0.05, 0) is 25.5 Å². The Labute approximate surface area is 125 Å². The van der Waals surface area contributed by atoms with Crippen LogP contribution in [0.1, 0.15) is 23.9 Å². The second kappa shape index (κ2) is 8.42. The van der Waals surface area contributed by atoms with E-state index in [1.165, 1.54) is 19.3 Å². The number of hydrogen-bond acceptors (Lipinski definition) is 4. The lowest BCUT2D eigenvalue weighted by Crippen LogP contribution is -2.45. The van der Waals surface area contributed by atoms with Crippen molar-refractivity contribution < 1.29 is 31.9 Å². The zero-order valence-corrected chi connectivity index (χ0v) is 11.9.